The molecule has 2 heterocycles. The zero-order valence-electron chi connectivity index (χ0n) is 15.1. The number of anilines is 1. The van der Waals surface area contributed by atoms with Crippen LogP contribution in [-0.4, -0.2) is 23.1 Å². The summed E-state index contributed by atoms with van der Waals surface area (Å²) >= 11 is 0. The molecule has 0 fully saturated rings. The molecular weight excluding hydrogens is 403 g/mol. The maximum absolute atomic E-state index is 13.3. The Hall–Kier alpha value is -3.47. The summed E-state index contributed by atoms with van der Waals surface area (Å²) in [6, 6.07) is 9.06. The number of aromatic nitrogens is 3. The van der Waals surface area contributed by atoms with Crippen molar-refractivity contribution in [3.63, 3.8) is 0 Å². The second-order valence-corrected chi connectivity index (χ2v) is 7.84. The van der Waals surface area contributed by atoms with E-state index >= 15 is 0 Å². The van der Waals surface area contributed by atoms with Crippen LogP contribution in [0.4, 0.5) is 10.1 Å². The lowest BCUT2D eigenvalue weighted by molar-refractivity contribution is 0.375. The van der Waals surface area contributed by atoms with Crippen molar-refractivity contribution in [2.45, 2.75) is 24.8 Å². The normalized spacial score (nSPS) is 11.8. The maximum atomic E-state index is 13.3. The highest BCUT2D eigenvalue weighted by Gasteiger charge is 2.19. The molecule has 29 heavy (non-hydrogen) atoms. The van der Waals surface area contributed by atoms with Crippen LogP contribution < -0.4 is 10.5 Å². The SMILES string of the molecule is CCc1nc(Cn2c(=O)oc3cc(S(=O)(=O)Nc4cccc(F)c4)ccc32)no1. The molecule has 11 heteroatoms. The molecule has 4 rings (SSSR count). The van der Waals surface area contributed by atoms with Crippen molar-refractivity contribution < 1.29 is 21.7 Å². The first-order valence-electron chi connectivity index (χ1n) is 8.59. The van der Waals surface area contributed by atoms with Crippen molar-refractivity contribution in [1.82, 2.24) is 14.7 Å². The summed E-state index contributed by atoms with van der Waals surface area (Å²) in [6.45, 7) is 1.87. The van der Waals surface area contributed by atoms with Gasteiger partial charge in [0, 0.05) is 12.5 Å². The minimum atomic E-state index is -4.01. The summed E-state index contributed by atoms with van der Waals surface area (Å²) in [7, 11) is -4.01. The number of rotatable bonds is 6. The lowest BCUT2D eigenvalue weighted by Crippen LogP contribution is -2.15. The van der Waals surface area contributed by atoms with Gasteiger partial charge in [-0.3, -0.25) is 9.29 Å². The van der Waals surface area contributed by atoms with Crippen LogP contribution in [-0.2, 0) is 23.0 Å². The van der Waals surface area contributed by atoms with E-state index in [1.54, 1.807) is 0 Å². The van der Waals surface area contributed by atoms with E-state index in [1.807, 2.05) is 6.92 Å². The van der Waals surface area contributed by atoms with Gasteiger partial charge in [-0.25, -0.2) is 17.6 Å². The minimum absolute atomic E-state index is 0.0168. The Balaban J connectivity index is 1.67. The van der Waals surface area contributed by atoms with Gasteiger partial charge in [-0.1, -0.05) is 18.1 Å². The van der Waals surface area contributed by atoms with Crippen LogP contribution in [0.1, 0.15) is 18.6 Å². The van der Waals surface area contributed by atoms with Crippen LogP contribution in [0, 0.1) is 5.82 Å². The highest BCUT2D eigenvalue weighted by molar-refractivity contribution is 7.92. The van der Waals surface area contributed by atoms with Crippen LogP contribution in [0.2, 0.25) is 0 Å². The fourth-order valence-electron chi connectivity index (χ4n) is 2.77. The Morgan fingerprint density at radius 3 is 2.76 bits per heavy atom. The van der Waals surface area contributed by atoms with Gasteiger partial charge >= 0.3 is 5.76 Å². The molecule has 150 valence electrons. The molecule has 0 unspecified atom stereocenters. The molecule has 0 radical (unpaired) electrons. The molecular formula is C18H15FN4O5S. The van der Waals surface area contributed by atoms with Crippen molar-refractivity contribution in [3.8, 4) is 0 Å². The predicted octanol–water partition coefficient (Wildman–Crippen LogP) is 2.53. The Labute approximate surface area is 163 Å². The molecule has 2 aromatic heterocycles. The summed E-state index contributed by atoms with van der Waals surface area (Å²) in [6.07, 6.45) is 0.563. The third-order valence-electron chi connectivity index (χ3n) is 4.14. The summed E-state index contributed by atoms with van der Waals surface area (Å²) in [4.78, 5) is 16.2. The van der Waals surface area contributed by atoms with Gasteiger partial charge < -0.3 is 8.94 Å². The molecule has 4 aromatic rings. The third-order valence-corrected chi connectivity index (χ3v) is 5.52. The van der Waals surface area contributed by atoms with Crippen LogP contribution in [0.3, 0.4) is 0 Å². The van der Waals surface area contributed by atoms with Crippen molar-refractivity contribution in [2.24, 2.45) is 0 Å². The first-order chi connectivity index (χ1) is 13.9. The van der Waals surface area contributed by atoms with Gasteiger partial charge in [-0.15, -0.1) is 0 Å². The Bertz CT molecular complexity index is 1360. The van der Waals surface area contributed by atoms with E-state index in [0.29, 0.717) is 23.7 Å². The van der Waals surface area contributed by atoms with Crippen LogP contribution in [0.25, 0.3) is 11.1 Å². The second-order valence-electron chi connectivity index (χ2n) is 6.16. The van der Waals surface area contributed by atoms with Gasteiger partial charge in [0.05, 0.1) is 22.6 Å². The standard InChI is InChI=1S/C18H15FN4O5S/c1-2-17-20-16(21-28-17)10-23-14-7-6-13(9-15(14)27-18(23)24)29(25,26)22-12-5-3-4-11(19)8-12/h3-9,22H,2,10H2,1H3. The van der Waals surface area contributed by atoms with Crippen molar-refractivity contribution in [1.29, 1.82) is 0 Å². The van der Waals surface area contributed by atoms with Crippen LogP contribution in [0.15, 0.2) is 61.1 Å². The average molecular weight is 418 g/mol. The summed E-state index contributed by atoms with van der Waals surface area (Å²) < 4.78 is 52.2. The molecule has 0 spiro atoms. The van der Waals surface area contributed by atoms with Crippen LogP contribution >= 0.6 is 0 Å². The minimum Gasteiger partial charge on any atom is -0.408 e. The highest BCUT2D eigenvalue weighted by Crippen LogP contribution is 2.22. The lowest BCUT2D eigenvalue weighted by Gasteiger charge is -2.08. The van der Waals surface area contributed by atoms with E-state index in [4.69, 9.17) is 8.94 Å². The summed E-state index contributed by atoms with van der Waals surface area (Å²) in [5.74, 6) is -0.513. The third kappa shape index (κ3) is 3.76. The molecule has 1 N–H and O–H groups in total. The number of oxazole rings is 1. The average Bonchev–Trinajstić information content (AvgIpc) is 3.25. The van der Waals surface area contributed by atoms with Gasteiger partial charge in [0.1, 0.15) is 5.82 Å². The maximum Gasteiger partial charge on any atom is 0.420 e. The predicted molar refractivity (Wildman–Crippen MR) is 100 cm³/mol. The van der Waals surface area contributed by atoms with Crippen molar-refractivity contribution in [2.75, 3.05) is 4.72 Å². The molecule has 0 amide bonds. The van der Waals surface area contributed by atoms with E-state index in [0.717, 1.165) is 6.07 Å². The van der Waals surface area contributed by atoms with E-state index in [-0.39, 0.29) is 22.7 Å². The number of hydrogen-bond acceptors (Lipinski definition) is 7. The number of nitrogens with one attached hydrogen (secondary N) is 1. The Morgan fingerprint density at radius 2 is 2.03 bits per heavy atom. The molecule has 2 aromatic carbocycles. The first kappa shape index (κ1) is 18.9. The molecule has 0 saturated carbocycles. The fraction of sp³-hybridized carbons (Fsp3) is 0.167. The number of fused-ring (bicyclic) bond motifs is 1. The van der Waals surface area contributed by atoms with Gasteiger partial charge in [-0.05, 0) is 30.3 Å². The zero-order valence-corrected chi connectivity index (χ0v) is 15.9. The highest BCUT2D eigenvalue weighted by atomic mass is 32.2. The number of benzene rings is 2. The Kier molecular flexibility index (Phi) is 4.66. The summed E-state index contributed by atoms with van der Waals surface area (Å²) in [5.41, 5.74) is 0.534. The smallest absolute Gasteiger partial charge is 0.408 e. The second kappa shape index (κ2) is 7.17. The molecule has 0 aliphatic heterocycles. The van der Waals surface area contributed by atoms with E-state index in [2.05, 4.69) is 14.9 Å². The van der Waals surface area contributed by atoms with E-state index in [1.165, 1.54) is 41.0 Å². The van der Waals surface area contributed by atoms with Gasteiger partial charge in [-0.2, -0.15) is 4.98 Å². The van der Waals surface area contributed by atoms with Crippen molar-refractivity contribution >= 4 is 26.8 Å². The lowest BCUT2D eigenvalue weighted by atomic mass is 10.3. The molecule has 0 aliphatic rings. The topological polar surface area (TPSA) is 120 Å². The van der Waals surface area contributed by atoms with E-state index in [9.17, 15) is 17.6 Å². The number of nitrogens with zero attached hydrogens (tertiary/aromatic N) is 3. The molecule has 9 nitrogen and oxygen atoms in total. The fourth-order valence-corrected chi connectivity index (χ4v) is 3.83. The monoisotopic (exact) mass is 418 g/mol. The van der Waals surface area contributed by atoms with Gasteiger partial charge in [0.25, 0.3) is 10.0 Å². The van der Waals surface area contributed by atoms with E-state index < -0.39 is 21.6 Å². The van der Waals surface area contributed by atoms with Gasteiger partial charge in [0.15, 0.2) is 11.4 Å². The number of hydrogen-bond donors (Lipinski definition) is 1. The largest absolute Gasteiger partial charge is 0.420 e. The molecule has 0 atom stereocenters. The summed E-state index contributed by atoms with van der Waals surface area (Å²) in [5, 5.41) is 3.80. The zero-order chi connectivity index (χ0) is 20.6. The quantitative estimate of drug-likeness (QED) is 0.511. The number of aryl methyl sites for hydroxylation is 1. The van der Waals surface area contributed by atoms with Gasteiger partial charge in [0.2, 0.25) is 5.89 Å². The first-order valence-corrected chi connectivity index (χ1v) is 10.1. The molecule has 0 saturated heterocycles. The Morgan fingerprint density at radius 1 is 1.21 bits per heavy atom. The van der Waals surface area contributed by atoms with Crippen LogP contribution in [0.5, 0.6) is 0 Å². The molecule has 0 bridgehead atoms. The number of sulfonamides is 1. The molecule has 0 aliphatic carbocycles. The number of halogens is 1. The van der Waals surface area contributed by atoms with Crippen molar-refractivity contribution in [3.05, 3.63) is 70.5 Å².